The van der Waals surface area contributed by atoms with E-state index in [-0.39, 0.29) is 17.1 Å². The Balaban J connectivity index is 2.55. The lowest BCUT2D eigenvalue weighted by Gasteiger charge is -2.17. The van der Waals surface area contributed by atoms with Gasteiger partial charge in [-0.05, 0) is 12.5 Å². The number of hydrogen-bond donors (Lipinski definition) is 2. The number of aromatic nitrogens is 1. The molecule has 2 atom stereocenters. The summed E-state index contributed by atoms with van der Waals surface area (Å²) in [7, 11) is 0. The number of halogens is 1. The molecule has 0 aliphatic heterocycles. The van der Waals surface area contributed by atoms with Gasteiger partial charge in [0.25, 0.3) is 0 Å². The normalized spacial score (nSPS) is 14.4. The van der Waals surface area contributed by atoms with Crippen LogP contribution in [0.2, 0.25) is 0 Å². The molecule has 0 aromatic carbocycles. The second-order valence-electron chi connectivity index (χ2n) is 3.52. The molecule has 0 saturated carbocycles. The minimum atomic E-state index is -1.32. The molecule has 1 heterocycles. The number of nitrogens with zero attached hydrogens (tertiary/aromatic N) is 1. The molecule has 0 amide bonds. The molecule has 0 fully saturated rings. The summed E-state index contributed by atoms with van der Waals surface area (Å²) in [5.74, 6) is -0.409. The van der Waals surface area contributed by atoms with Crippen LogP contribution < -0.4 is 0 Å². The van der Waals surface area contributed by atoms with E-state index in [1.54, 1.807) is 0 Å². The van der Waals surface area contributed by atoms with Crippen LogP contribution in [0.1, 0.15) is 25.0 Å². The summed E-state index contributed by atoms with van der Waals surface area (Å²) >= 11 is 1.06. The van der Waals surface area contributed by atoms with Crippen molar-refractivity contribution in [2.24, 2.45) is 0 Å². The average molecular weight is 259 g/mol. The van der Waals surface area contributed by atoms with Crippen LogP contribution in [-0.4, -0.2) is 32.2 Å². The number of aliphatic hydroxyl groups is 2. The Labute approximate surface area is 103 Å². The lowest BCUT2D eigenvalue weighted by molar-refractivity contribution is -0.109. The third-order valence-electron chi connectivity index (χ3n) is 2.19. The van der Waals surface area contributed by atoms with Crippen LogP contribution in [0.5, 0.6) is 0 Å². The van der Waals surface area contributed by atoms with Gasteiger partial charge in [-0.15, -0.1) is 0 Å². The first-order chi connectivity index (χ1) is 8.02. The summed E-state index contributed by atoms with van der Waals surface area (Å²) in [5, 5.41) is 19.3. The first-order valence-corrected chi connectivity index (χ1v) is 6.11. The predicted molar refractivity (Wildman–Crippen MR) is 62.9 cm³/mol. The largest absolute Gasteiger partial charge is 0.390 e. The number of hydrogen-bond acceptors (Lipinski definition) is 5. The molecule has 0 radical (unpaired) electrons. The van der Waals surface area contributed by atoms with E-state index in [9.17, 15) is 19.4 Å². The van der Waals surface area contributed by atoms with Crippen molar-refractivity contribution in [2.45, 2.75) is 25.6 Å². The van der Waals surface area contributed by atoms with Crippen LogP contribution >= 0.6 is 11.8 Å². The summed E-state index contributed by atoms with van der Waals surface area (Å²) in [6, 6.07) is 2.85. The van der Waals surface area contributed by atoms with Crippen LogP contribution in [0.25, 0.3) is 0 Å². The van der Waals surface area contributed by atoms with E-state index < -0.39 is 18.2 Å². The predicted octanol–water partition coefficient (Wildman–Crippen LogP) is 1.28. The van der Waals surface area contributed by atoms with Crippen LogP contribution in [0.15, 0.2) is 18.3 Å². The zero-order chi connectivity index (χ0) is 12.8. The highest BCUT2D eigenvalue weighted by molar-refractivity contribution is 8.13. The lowest BCUT2D eigenvalue weighted by Crippen LogP contribution is -2.20. The first-order valence-electron chi connectivity index (χ1n) is 5.12. The fourth-order valence-corrected chi connectivity index (χ4v) is 1.95. The standard InChI is InChI=1S/C11H14FNO3S/c1-7(14)17-6-4-9(15)10(16)8-3-2-5-13-11(8)12/h2-3,5,9-10,15-16H,4,6H2,1H3. The second-order valence-corrected chi connectivity index (χ2v) is 4.80. The van der Waals surface area contributed by atoms with Gasteiger partial charge in [0.15, 0.2) is 5.12 Å². The Morgan fingerprint density at radius 2 is 2.29 bits per heavy atom. The number of carbonyl (C=O) groups is 1. The smallest absolute Gasteiger partial charge is 0.218 e. The monoisotopic (exact) mass is 259 g/mol. The van der Waals surface area contributed by atoms with E-state index in [0.29, 0.717) is 5.75 Å². The van der Waals surface area contributed by atoms with Gasteiger partial charge in [0, 0.05) is 24.4 Å². The van der Waals surface area contributed by atoms with Gasteiger partial charge < -0.3 is 10.2 Å². The van der Waals surface area contributed by atoms with Crippen LogP contribution in [0.3, 0.4) is 0 Å². The van der Waals surface area contributed by atoms with Gasteiger partial charge in [-0.3, -0.25) is 4.79 Å². The minimum absolute atomic E-state index is 0.0344. The lowest BCUT2D eigenvalue weighted by atomic mass is 10.0. The van der Waals surface area contributed by atoms with Gasteiger partial charge in [-0.25, -0.2) is 4.98 Å². The van der Waals surface area contributed by atoms with Crippen molar-refractivity contribution in [3.8, 4) is 0 Å². The van der Waals surface area contributed by atoms with Crippen LogP contribution in [0, 0.1) is 5.95 Å². The molecule has 4 nitrogen and oxygen atoms in total. The van der Waals surface area contributed by atoms with Crippen molar-refractivity contribution in [3.05, 3.63) is 29.8 Å². The third kappa shape index (κ3) is 4.41. The Hall–Kier alpha value is -0.980. The van der Waals surface area contributed by atoms with E-state index in [2.05, 4.69) is 4.98 Å². The molecule has 0 bridgehead atoms. The molecule has 1 aromatic heterocycles. The van der Waals surface area contributed by atoms with Crippen molar-refractivity contribution in [2.75, 3.05) is 5.75 Å². The summed E-state index contributed by atoms with van der Waals surface area (Å²) in [6.07, 6.45) is -0.958. The molecule has 0 saturated heterocycles. The first kappa shape index (κ1) is 14.1. The van der Waals surface area contributed by atoms with Crippen molar-refractivity contribution in [1.82, 2.24) is 4.98 Å². The van der Waals surface area contributed by atoms with Gasteiger partial charge in [-0.2, -0.15) is 4.39 Å². The Morgan fingerprint density at radius 1 is 1.59 bits per heavy atom. The summed E-state index contributed by atoms with van der Waals surface area (Å²) in [5.41, 5.74) is -0.0344. The van der Waals surface area contributed by atoms with E-state index in [0.717, 1.165) is 11.8 Å². The van der Waals surface area contributed by atoms with E-state index >= 15 is 0 Å². The van der Waals surface area contributed by atoms with Gasteiger partial charge in [0.1, 0.15) is 6.10 Å². The van der Waals surface area contributed by atoms with Crippen molar-refractivity contribution in [3.63, 3.8) is 0 Å². The molecule has 6 heteroatoms. The molecular weight excluding hydrogens is 245 g/mol. The van der Waals surface area contributed by atoms with Crippen molar-refractivity contribution in [1.29, 1.82) is 0 Å². The number of carbonyl (C=O) groups excluding carboxylic acids is 1. The summed E-state index contributed by atoms with van der Waals surface area (Å²) in [4.78, 5) is 14.1. The van der Waals surface area contributed by atoms with Gasteiger partial charge in [0.05, 0.1) is 6.10 Å². The number of rotatable bonds is 5. The maximum Gasteiger partial charge on any atom is 0.218 e. The molecule has 17 heavy (non-hydrogen) atoms. The van der Waals surface area contributed by atoms with Crippen LogP contribution in [-0.2, 0) is 4.79 Å². The van der Waals surface area contributed by atoms with E-state index in [1.165, 1.54) is 25.3 Å². The summed E-state index contributed by atoms with van der Waals surface area (Å²) < 4.78 is 13.2. The topological polar surface area (TPSA) is 70.4 Å². The maximum atomic E-state index is 13.2. The van der Waals surface area contributed by atoms with E-state index in [4.69, 9.17) is 0 Å². The Morgan fingerprint density at radius 3 is 2.88 bits per heavy atom. The maximum absolute atomic E-state index is 13.2. The van der Waals surface area contributed by atoms with E-state index in [1.807, 2.05) is 0 Å². The molecular formula is C11H14FNO3S. The second kappa shape index (κ2) is 6.68. The van der Waals surface area contributed by atoms with Crippen molar-refractivity contribution >= 4 is 16.9 Å². The zero-order valence-corrected chi connectivity index (χ0v) is 10.2. The molecule has 0 aliphatic rings. The van der Waals surface area contributed by atoms with Gasteiger partial charge in [-0.1, -0.05) is 17.8 Å². The van der Waals surface area contributed by atoms with Gasteiger partial charge >= 0.3 is 0 Å². The Kier molecular flexibility index (Phi) is 5.54. The highest BCUT2D eigenvalue weighted by Gasteiger charge is 2.21. The molecule has 2 unspecified atom stereocenters. The fraction of sp³-hybridized carbons (Fsp3) is 0.455. The molecule has 1 rings (SSSR count). The highest BCUT2D eigenvalue weighted by atomic mass is 32.2. The molecule has 2 N–H and O–H groups in total. The highest BCUT2D eigenvalue weighted by Crippen LogP contribution is 2.21. The quantitative estimate of drug-likeness (QED) is 0.780. The third-order valence-corrected chi connectivity index (χ3v) is 3.04. The number of pyridine rings is 1. The minimum Gasteiger partial charge on any atom is -0.390 e. The molecule has 0 aliphatic carbocycles. The molecule has 0 spiro atoms. The van der Waals surface area contributed by atoms with Crippen molar-refractivity contribution < 1.29 is 19.4 Å². The fourth-order valence-electron chi connectivity index (χ4n) is 1.31. The molecule has 1 aromatic rings. The molecule has 94 valence electrons. The summed E-state index contributed by atoms with van der Waals surface area (Å²) in [6.45, 7) is 1.42. The average Bonchev–Trinajstić information content (AvgIpc) is 2.28. The number of aliphatic hydroxyl groups excluding tert-OH is 2. The Bertz CT molecular complexity index is 389. The van der Waals surface area contributed by atoms with Crippen LogP contribution in [0.4, 0.5) is 4.39 Å². The SMILES string of the molecule is CC(=O)SCCC(O)C(O)c1cccnc1F. The van der Waals surface area contributed by atoms with Gasteiger partial charge in [0.2, 0.25) is 5.95 Å². The number of thioether (sulfide) groups is 1. The zero-order valence-electron chi connectivity index (χ0n) is 9.34.